The Kier molecular flexibility index (Phi) is 4.05. The lowest BCUT2D eigenvalue weighted by atomic mass is 10.0. The zero-order valence-corrected chi connectivity index (χ0v) is 17.3. The molecule has 0 spiro atoms. The summed E-state index contributed by atoms with van der Waals surface area (Å²) < 4.78 is 2.16. The van der Waals surface area contributed by atoms with Crippen LogP contribution in [0.2, 0.25) is 0 Å². The molecule has 4 heteroatoms. The number of hydrogen-bond acceptors (Lipinski definition) is 2. The number of nitrogen functional groups attached to an aromatic ring is 1. The van der Waals surface area contributed by atoms with E-state index in [1.54, 1.807) is 12.3 Å². The molecule has 3 N–H and O–H groups in total. The number of nitrogens with one attached hydrogen (secondary N) is 1. The fraction of sp³-hybridized carbons (Fsp3) is 0. The summed E-state index contributed by atoms with van der Waals surface area (Å²) in [6, 6.07) is 33.5. The number of hydrogen-bond donors (Lipinski definition) is 2. The SMILES string of the molecule is N=C(N)c1ccnc(-n2c3ccc(-c4ccccc4)cc3c3c4ccccc4ccc32)c1. The predicted molar refractivity (Wildman–Crippen MR) is 133 cm³/mol. The lowest BCUT2D eigenvalue weighted by molar-refractivity contribution is 1.08. The maximum atomic E-state index is 7.86. The highest BCUT2D eigenvalue weighted by molar-refractivity contribution is 6.21. The maximum absolute atomic E-state index is 7.86. The van der Waals surface area contributed by atoms with Crippen LogP contribution in [0.4, 0.5) is 0 Å². The average Bonchev–Trinajstić information content (AvgIpc) is 3.18. The van der Waals surface area contributed by atoms with Crippen LogP contribution in [0.1, 0.15) is 5.56 Å². The first-order valence-electron chi connectivity index (χ1n) is 10.5. The Balaban J connectivity index is 1.75. The van der Waals surface area contributed by atoms with Gasteiger partial charge < -0.3 is 5.73 Å². The molecule has 0 unspecified atom stereocenters. The third kappa shape index (κ3) is 2.77. The van der Waals surface area contributed by atoms with Crippen molar-refractivity contribution < 1.29 is 0 Å². The molecular weight excluding hydrogens is 392 g/mol. The van der Waals surface area contributed by atoms with Gasteiger partial charge in [-0.3, -0.25) is 9.98 Å². The lowest BCUT2D eigenvalue weighted by Gasteiger charge is -2.09. The standard InChI is InChI=1S/C28H20N4/c29-28(30)21-14-15-31-26(17-21)32-24-12-11-20(18-6-2-1-3-7-18)16-23(24)27-22-9-5-4-8-19(22)10-13-25(27)32/h1-17H,(H3,29,30). The summed E-state index contributed by atoms with van der Waals surface area (Å²) in [6.07, 6.45) is 1.71. The van der Waals surface area contributed by atoms with E-state index in [1.807, 2.05) is 12.1 Å². The van der Waals surface area contributed by atoms with Gasteiger partial charge in [0.15, 0.2) is 0 Å². The van der Waals surface area contributed by atoms with Crippen LogP contribution >= 0.6 is 0 Å². The van der Waals surface area contributed by atoms with Gasteiger partial charge in [-0.2, -0.15) is 0 Å². The minimum atomic E-state index is 0.0335. The number of aromatic nitrogens is 2. The summed E-state index contributed by atoms with van der Waals surface area (Å²) in [5.41, 5.74) is 10.9. The van der Waals surface area contributed by atoms with Crippen molar-refractivity contribution in [3.05, 3.63) is 109 Å². The second-order valence-corrected chi connectivity index (χ2v) is 7.93. The van der Waals surface area contributed by atoms with Crippen molar-refractivity contribution in [3.63, 3.8) is 0 Å². The van der Waals surface area contributed by atoms with Crippen LogP contribution < -0.4 is 5.73 Å². The van der Waals surface area contributed by atoms with E-state index in [9.17, 15) is 0 Å². The van der Waals surface area contributed by atoms with Crippen molar-refractivity contribution in [2.45, 2.75) is 0 Å². The topological polar surface area (TPSA) is 67.7 Å². The molecule has 0 fully saturated rings. The van der Waals surface area contributed by atoms with Gasteiger partial charge in [0.2, 0.25) is 0 Å². The van der Waals surface area contributed by atoms with Crippen molar-refractivity contribution in [1.82, 2.24) is 9.55 Å². The largest absolute Gasteiger partial charge is 0.384 e. The number of nitrogens with two attached hydrogens (primary N) is 1. The number of rotatable bonds is 3. The molecule has 0 amide bonds. The highest BCUT2D eigenvalue weighted by atomic mass is 15.1. The summed E-state index contributed by atoms with van der Waals surface area (Å²) in [5.74, 6) is 0.784. The molecule has 152 valence electrons. The Hall–Kier alpha value is -4.44. The number of benzene rings is 4. The van der Waals surface area contributed by atoms with E-state index in [1.165, 1.54) is 32.7 Å². The summed E-state index contributed by atoms with van der Waals surface area (Å²) in [4.78, 5) is 4.64. The van der Waals surface area contributed by atoms with E-state index >= 15 is 0 Å². The van der Waals surface area contributed by atoms with Gasteiger partial charge in [0.05, 0.1) is 11.0 Å². The Morgan fingerprint density at radius 1 is 0.719 bits per heavy atom. The first-order chi connectivity index (χ1) is 15.7. The smallest absolute Gasteiger partial charge is 0.138 e. The van der Waals surface area contributed by atoms with Crippen LogP contribution in [0, 0.1) is 5.41 Å². The normalized spacial score (nSPS) is 11.4. The molecule has 4 aromatic carbocycles. The van der Waals surface area contributed by atoms with Gasteiger partial charge in [-0.15, -0.1) is 0 Å². The molecule has 2 aromatic heterocycles. The molecule has 0 saturated carbocycles. The van der Waals surface area contributed by atoms with Crippen LogP contribution in [0.5, 0.6) is 0 Å². The van der Waals surface area contributed by atoms with Gasteiger partial charge >= 0.3 is 0 Å². The molecule has 0 saturated heterocycles. The molecule has 0 bridgehead atoms. The monoisotopic (exact) mass is 412 g/mol. The maximum Gasteiger partial charge on any atom is 0.138 e. The molecule has 0 aliphatic heterocycles. The number of pyridine rings is 1. The summed E-state index contributed by atoms with van der Waals surface area (Å²) >= 11 is 0. The molecule has 0 aliphatic carbocycles. The van der Waals surface area contributed by atoms with Gasteiger partial charge in [0, 0.05) is 22.5 Å². The van der Waals surface area contributed by atoms with Crippen molar-refractivity contribution in [3.8, 4) is 16.9 Å². The Morgan fingerprint density at radius 2 is 1.50 bits per heavy atom. The molecular formula is C28H20N4. The fourth-order valence-electron chi connectivity index (χ4n) is 4.56. The van der Waals surface area contributed by atoms with Crippen LogP contribution in [0.3, 0.4) is 0 Å². The van der Waals surface area contributed by atoms with Gasteiger partial charge in [-0.25, -0.2) is 4.98 Å². The molecule has 4 nitrogen and oxygen atoms in total. The minimum Gasteiger partial charge on any atom is -0.384 e. The third-order valence-corrected chi connectivity index (χ3v) is 6.05. The number of fused-ring (bicyclic) bond motifs is 5. The Bertz CT molecular complexity index is 1650. The molecule has 0 radical (unpaired) electrons. The van der Waals surface area contributed by atoms with Gasteiger partial charge in [0.1, 0.15) is 11.7 Å². The molecule has 6 aromatic rings. The van der Waals surface area contributed by atoms with Gasteiger partial charge in [0.25, 0.3) is 0 Å². The molecule has 2 heterocycles. The minimum absolute atomic E-state index is 0.0335. The number of amidine groups is 1. The second kappa shape index (κ2) is 7.06. The first-order valence-corrected chi connectivity index (χ1v) is 10.5. The van der Waals surface area contributed by atoms with Crippen LogP contribution in [-0.4, -0.2) is 15.4 Å². The van der Waals surface area contributed by atoms with E-state index in [0.717, 1.165) is 16.9 Å². The molecule has 0 aliphatic rings. The highest BCUT2D eigenvalue weighted by Crippen LogP contribution is 2.38. The highest BCUT2D eigenvalue weighted by Gasteiger charge is 2.16. The number of nitrogens with zero attached hydrogens (tertiary/aromatic N) is 2. The summed E-state index contributed by atoms with van der Waals surface area (Å²) in [6.45, 7) is 0. The fourth-order valence-corrected chi connectivity index (χ4v) is 4.56. The first kappa shape index (κ1) is 18.3. The van der Waals surface area contributed by atoms with Crippen molar-refractivity contribution in [1.29, 1.82) is 5.41 Å². The van der Waals surface area contributed by atoms with Crippen LogP contribution in [0.25, 0.3) is 49.5 Å². The van der Waals surface area contributed by atoms with E-state index in [4.69, 9.17) is 11.1 Å². The second-order valence-electron chi connectivity index (χ2n) is 7.93. The average molecular weight is 412 g/mol. The van der Waals surface area contributed by atoms with Crippen molar-refractivity contribution in [2.75, 3.05) is 0 Å². The summed E-state index contributed by atoms with van der Waals surface area (Å²) in [7, 11) is 0. The molecule has 6 rings (SSSR count). The van der Waals surface area contributed by atoms with Crippen molar-refractivity contribution >= 4 is 38.4 Å². The van der Waals surface area contributed by atoms with Gasteiger partial charge in [-0.05, 0) is 52.2 Å². The third-order valence-electron chi connectivity index (χ3n) is 6.05. The Labute approximate surface area is 185 Å². The van der Waals surface area contributed by atoms with Crippen molar-refractivity contribution in [2.24, 2.45) is 5.73 Å². The zero-order chi connectivity index (χ0) is 21.7. The zero-order valence-electron chi connectivity index (χ0n) is 17.3. The molecule has 32 heavy (non-hydrogen) atoms. The van der Waals surface area contributed by atoms with Crippen LogP contribution in [-0.2, 0) is 0 Å². The quantitative estimate of drug-likeness (QED) is 0.265. The van der Waals surface area contributed by atoms with Gasteiger partial charge in [-0.1, -0.05) is 66.7 Å². The Morgan fingerprint density at radius 3 is 2.34 bits per heavy atom. The van der Waals surface area contributed by atoms with E-state index in [2.05, 4.69) is 88.4 Å². The lowest BCUT2D eigenvalue weighted by Crippen LogP contribution is -2.12. The van der Waals surface area contributed by atoms with E-state index < -0.39 is 0 Å². The summed E-state index contributed by atoms with van der Waals surface area (Å²) in [5, 5.41) is 12.6. The van der Waals surface area contributed by atoms with Crippen LogP contribution in [0.15, 0.2) is 103 Å². The predicted octanol–water partition coefficient (Wildman–Crippen LogP) is 6.28. The van der Waals surface area contributed by atoms with E-state index in [0.29, 0.717) is 5.56 Å². The molecule has 0 atom stereocenters. The van der Waals surface area contributed by atoms with E-state index in [-0.39, 0.29) is 5.84 Å².